The van der Waals surface area contributed by atoms with Gasteiger partial charge in [-0.25, -0.2) is 4.79 Å². The van der Waals surface area contributed by atoms with Gasteiger partial charge in [0.2, 0.25) is 5.91 Å². The Morgan fingerprint density at radius 1 is 1.31 bits per heavy atom. The van der Waals surface area contributed by atoms with Crippen molar-refractivity contribution in [2.45, 2.75) is 45.3 Å². The molecular weight excluding hydrogens is 376 g/mol. The van der Waals surface area contributed by atoms with Gasteiger partial charge in [-0.1, -0.05) is 0 Å². The maximum absolute atomic E-state index is 12.5. The number of fused-ring (bicyclic) bond motifs is 3. The molecule has 29 heavy (non-hydrogen) atoms. The molecule has 0 radical (unpaired) electrons. The maximum atomic E-state index is 12.5. The molecule has 2 aliphatic rings. The number of ether oxygens (including phenoxy) is 1. The van der Waals surface area contributed by atoms with Gasteiger partial charge in [0.05, 0.1) is 23.8 Å². The number of carbonyl (C=O) groups excluding carboxylic acids is 2. The summed E-state index contributed by atoms with van der Waals surface area (Å²) in [5, 5.41) is 14.8. The lowest BCUT2D eigenvalue weighted by atomic mass is 10.1. The van der Waals surface area contributed by atoms with E-state index < -0.39 is 11.6 Å². The second-order valence-corrected chi connectivity index (χ2v) is 8.33. The molecular formula is C20H28N4O5. The number of amides is 2. The summed E-state index contributed by atoms with van der Waals surface area (Å²) in [5.41, 5.74) is 1.76. The molecule has 2 amide bonds. The van der Waals surface area contributed by atoms with Crippen molar-refractivity contribution >= 4 is 35.0 Å². The van der Waals surface area contributed by atoms with E-state index in [0.717, 1.165) is 11.4 Å². The molecule has 1 saturated heterocycles. The van der Waals surface area contributed by atoms with Crippen LogP contribution in [0.15, 0.2) is 18.2 Å². The molecule has 1 aromatic carbocycles. The van der Waals surface area contributed by atoms with Crippen molar-refractivity contribution in [3.05, 3.63) is 18.2 Å². The highest BCUT2D eigenvalue weighted by molar-refractivity contribution is 5.97. The summed E-state index contributed by atoms with van der Waals surface area (Å²) in [7, 11) is 0. The van der Waals surface area contributed by atoms with Crippen molar-refractivity contribution in [2.75, 3.05) is 41.7 Å². The number of anilines is 3. The van der Waals surface area contributed by atoms with Crippen molar-refractivity contribution in [2.24, 2.45) is 0 Å². The topological polar surface area (TPSA) is 111 Å². The Labute approximate surface area is 170 Å². The van der Waals surface area contributed by atoms with Crippen LogP contribution in [0.3, 0.4) is 0 Å². The van der Waals surface area contributed by atoms with Crippen molar-refractivity contribution in [3.63, 3.8) is 0 Å². The zero-order valence-electron chi connectivity index (χ0n) is 17.0. The fourth-order valence-electron chi connectivity index (χ4n) is 3.57. The summed E-state index contributed by atoms with van der Waals surface area (Å²) in [4.78, 5) is 39.4. The van der Waals surface area contributed by atoms with Crippen LogP contribution >= 0.6 is 0 Å². The van der Waals surface area contributed by atoms with Crippen LogP contribution in [-0.4, -0.2) is 65.8 Å². The van der Waals surface area contributed by atoms with Gasteiger partial charge in [-0.3, -0.25) is 9.59 Å². The lowest BCUT2D eigenvalue weighted by Gasteiger charge is -2.42. The van der Waals surface area contributed by atoms with E-state index in [1.807, 2.05) is 39.0 Å². The first kappa shape index (κ1) is 20.8. The molecule has 0 aromatic heterocycles. The highest BCUT2D eigenvalue weighted by atomic mass is 16.6. The lowest BCUT2D eigenvalue weighted by Crippen LogP contribution is -2.55. The number of piperazine rings is 1. The van der Waals surface area contributed by atoms with Crippen molar-refractivity contribution in [1.82, 2.24) is 4.90 Å². The zero-order valence-corrected chi connectivity index (χ0v) is 17.0. The average molecular weight is 404 g/mol. The van der Waals surface area contributed by atoms with Crippen molar-refractivity contribution in [3.8, 4) is 0 Å². The molecule has 9 heteroatoms. The highest BCUT2D eigenvalue weighted by Crippen LogP contribution is 2.35. The Morgan fingerprint density at radius 3 is 2.76 bits per heavy atom. The van der Waals surface area contributed by atoms with Crippen LogP contribution < -0.4 is 15.5 Å². The standard InChI is InChI=1S/C20H28N4O5/c1-20(2,3)29-19(28)23-8-9-24-14(12-23)11-17(25)22-15-10-13(4-5-16(15)24)21-7-6-18(26)27/h4-5,10,14,21H,6-9,11-12H2,1-3H3,(H,22,25)(H,26,27). The first-order valence-corrected chi connectivity index (χ1v) is 9.76. The molecule has 2 heterocycles. The molecule has 1 aromatic rings. The Balaban J connectivity index is 1.74. The second kappa shape index (κ2) is 8.18. The van der Waals surface area contributed by atoms with E-state index in [2.05, 4.69) is 15.5 Å². The predicted molar refractivity (Wildman–Crippen MR) is 109 cm³/mol. The number of carboxylic acids is 1. The van der Waals surface area contributed by atoms with Crippen LogP contribution in [-0.2, 0) is 14.3 Å². The fraction of sp³-hybridized carbons (Fsp3) is 0.550. The van der Waals surface area contributed by atoms with Crippen LogP contribution in [0.4, 0.5) is 21.9 Å². The highest BCUT2D eigenvalue weighted by Gasteiger charge is 2.36. The van der Waals surface area contributed by atoms with Crippen LogP contribution in [0.25, 0.3) is 0 Å². The van der Waals surface area contributed by atoms with E-state index in [4.69, 9.17) is 9.84 Å². The summed E-state index contributed by atoms with van der Waals surface area (Å²) >= 11 is 0. The third-order valence-electron chi connectivity index (χ3n) is 4.80. The minimum absolute atomic E-state index is 0.0120. The molecule has 9 nitrogen and oxygen atoms in total. The molecule has 3 N–H and O–H groups in total. The first-order valence-electron chi connectivity index (χ1n) is 9.76. The maximum Gasteiger partial charge on any atom is 0.410 e. The van der Waals surface area contributed by atoms with Gasteiger partial charge in [-0.2, -0.15) is 0 Å². The van der Waals surface area contributed by atoms with Crippen LogP contribution in [0.1, 0.15) is 33.6 Å². The molecule has 0 aliphatic carbocycles. The number of rotatable bonds is 4. The molecule has 1 atom stereocenters. The first-order chi connectivity index (χ1) is 13.6. The Bertz CT molecular complexity index is 805. The summed E-state index contributed by atoms with van der Waals surface area (Å²) in [6.45, 7) is 7.32. The monoisotopic (exact) mass is 404 g/mol. The predicted octanol–water partition coefficient (Wildman–Crippen LogP) is 2.34. The van der Waals surface area contributed by atoms with Gasteiger partial charge >= 0.3 is 12.1 Å². The third kappa shape index (κ3) is 5.30. The van der Waals surface area contributed by atoms with E-state index in [1.165, 1.54) is 0 Å². The van der Waals surface area contributed by atoms with E-state index in [9.17, 15) is 14.4 Å². The normalized spacial score (nSPS) is 18.9. The molecule has 0 bridgehead atoms. The summed E-state index contributed by atoms with van der Waals surface area (Å²) in [6.07, 6.45) is -0.0755. The summed E-state index contributed by atoms with van der Waals surface area (Å²) in [5.74, 6) is -0.987. The van der Waals surface area contributed by atoms with Gasteiger partial charge in [-0.15, -0.1) is 0 Å². The number of carboxylic acid groups (broad SMARTS) is 1. The van der Waals surface area contributed by atoms with Crippen LogP contribution in [0.2, 0.25) is 0 Å². The minimum atomic E-state index is -0.869. The minimum Gasteiger partial charge on any atom is -0.481 e. The van der Waals surface area contributed by atoms with E-state index in [-0.39, 0.29) is 30.9 Å². The number of nitrogens with one attached hydrogen (secondary N) is 2. The van der Waals surface area contributed by atoms with Crippen molar-refractivity contribution < 1.29 is 24.2 Å². The van der Waals surface area contributed by atoms with Crippen LogP contribution in [0.5, 0.6) is 0 Å². The molecule has 0 spiro atoms. The zero-order chi connectivity index (χ0) is 21.2. The van der Waals surface area contributed by atoms with Gasteiger partial charge in [0.1, 0.15) is 5.60 Å². The third-order valence-corrected chi connectivity index (χ3v) is 4.80. The van der Waals surface area contributed by atoms with Gasteiger partial charge in [-0.05, 0) is 39.0 Å². The van der Waals surface area contributed by atoms with E-state index in [0.29, 0.717) is 31.9 Å². The Morgan fingerprint density at radius 2 is 2.07 bits per heavy atom. The molecule has 0 saturated carbocycles. The molecule has 2 aliphatic heterocycles. The average Bonchev–Trinajstić information content (AvgIpc) is 2.74. The molecule has 3 rings (SSSR count). The fourth-order valence-corrected chi connectivity index (χ4v) is 3.57. The summed E-state index contributed by atoms with van der Waals surface area (Å²) in [6, 6.07) is 5.47. The molecule has 158 valence electrons. The SMILES string of the molecule is CC(C)(C)OC(=O)N1CCN2c3ccc(NCCC(=O)O)cc3NC(=O)CC2C1. The van der Waals surface area contributed by atoms with Gasteiger partial charge in [0.15, 0.2) is 0 Å². The Hall–Kier alpha value is -2.97. The molecule has 1 fully saturated rings. The number of nitrogens with zero attached hydrogens (tertiary/aromatic N) is 2. The van der Waals surface area contributed by atoms with E-state index in [1.54, 1.807) is 4.90 Å². The number of hydrogen-bond acceptors (Lipinski definition) is 6. The lowest BCUT2D eigenvalue weighted by molar-refractivity contribution is -0.136. The largest absolute Gasteiger partial charge is 0.481 e. The van der Waals surface area contributed by atoms with Gasteiger partial charge in [0.25, 0.3) is 0 Å². The van der Waals surface area contributed by atoms with Gasteiger partial charge < -0.3 is 30.3 Å². The quantitative estimate of drug-likeness (QED) is 0.706. The number of aliphatic carboxylic acids is 1. The smallest absolute Gasteiger partial charge is 0.410 e. The van der Waals surface area contributed by atoms with E-state index >= 15 is 0 Å². The van der Waals surface area contributed by atoms with Gasteiger partial charge in [0, 0.05) is 38.3 Å². The Kier molecular flexibility index (Phi) is 5.86. The summed E-state index contributed by atoms with van der Waals surface area (Å²) < 4.78 is 5.47. The molecule has 1 unspecified atom stereocenters. The number of benzene rings is 1. The number of carbonyl (C=O) groups is 3. The number of hydrogen-bond donors (Lipinski definition) is 3. The second-order valence-electron chi connectivity index (χ2n) is 8.33. The van der Waals surface area contributed by atoms with Crippen molar-refractivity contribution in [1.29, 1.82) is 0 Å². The van der Waals surface area contributed by atoms with Crippen LogP contribution in [0, 0.1) is 0 Å².